The second kappa shape index (κ2) is 24.4. The minimum atomic E-state index is -0.0820. The molecule has 57 heavy (non-hydrogen) atoms. The van der Waals surface area contributed by atoms with E-state index in [2.05, 4.69) is 146 Å². The summed E-state index contributed by atoms with van der Waals surface area (Å²) < 4.78 is 19.5. The maximum atomic E-state index is 6.71. The molecule has 4 aromatic rings. The van der Waals surface area contributed by atoms with Crippen molar-refractivity contribution in [2.45, 2.75) is 158 Å². The lowest BCUT2D eigenvalue weighted by molar-refractivity contribution is 0.182. The molecule has 0 bridgehead atoms. The van der Waals surface area contributed by atoms with Crippen molar-refractivity contribution in [2.24, 2.45) is 11.7 Å². The van der Waals surface area contributed by atoms with Gasteiger partial charge >= 0.3 is 0 Å². The van der Waals surface area contributed by atoms with Crippen LogP contribution >= 0.6 is 0 Å². The van der Waals surface area contributed by atoms with Gasteiger partial charge in [0, 0.05) is 11.3 Å². The van der Waals surface area contributed by atoms with Gasteiger partial charge in [-0.1, -0.05) is 144 Å². The van der Waals surface area contributed by atoms with Crippen molar-refractivity contribution in [3.05, 3.63) is 114 Å². The van der Waals surface area contributed by atoms with Crippen LogP contribution < -0.4 is 19.9 Å². The van der Waals surface area contributed by atoms with Gasteiger partial charge in [-0.2, -0.15) is 0 Å². The third kappa shape index (κ3) is 13.6. The van der Waals surface area contributed by atoms with Crippen molar-refractivity contribution in [3.8, 4) is 45.3 Å². The second-order valence-electron chi connectivity index (χ2n) is 15.4. The zero-order chi connectivity index (χ0) is 41.8. The van der Waals surface area contributed by atoms with E-state index in [1.54, 1.807) is 0 Å². The summed E-state index contributed by atoms with van der Waals surface area (Å²) in [7, 11) is 0. The molecule has 2 N–H and O–H groups in total. The molecule has 0 spiro atoms. The summed E-state index contributed by atoms with van der Waals surface area (Å²) in [6, 6.07) is 29.9. The molecular formula is C53H75NO3. The molecule has 310 valence electrons. The molecule has 3 atom stereocenters. The summed E-state index contributed by atoms with van der Waals surface area (Å²) in [6.45, 7) is 23.7. The molecule has 0 heterocycles. The lowest BCUT2D eigenvalue weighted by Crippen LogP contribution is -2.27. The highest BCUT2D eigenvalue weighted by Gasteiger charge is 2.30. The second-order valence-corrected chi connectivity index (χ2v) is 15.4. The number of fused-ring (bicyclic) bond motifs is 1. The first-order chi connectivity index (χ1) is 27.6. The number of rotatable bonds is 18. The lowest BCUT2D eigenvalue weighted by atomic mass is 9.71. The summed E-state index contributed by atoms with van der Waals surface area (Å²) >= 11 is 0. The monoisotopic (exact) mass is 774 g/mol. The Bertz CT molecular complexity index is 1720. The predicted molar refractivity (Wildman–Crippen MR) is 248 cm³/mol. The fraction of sp³-hybridized carbons (Fsp3) is 0.472. The van der Waals surface area contributed by atoms with Crippen molar-refractivity contribution in [3.63, 3.8) is 0 Å². The van der Waals surface area contributed by atoms with Crippen molar-refractivity contribution in [2.75, 3.05) is 0 Å². The molecule has 4 heteroatoms. The van der Waals surface area contributed by atoms with Gasteiger partial charge in [0.2, 0.25) is 0 Å². The van der Waals surface area contributed by atoms with Crippen molar-refractivity contribution < 1.29 is 14.2 Å². The van der Waals surface area contributed by atoms with E-state index in [0.29, 0.717) is 5.92 Å². The average molecular weight is 774 g/mol. The largest absolute Gasteiger partial charge is 0.490 e. The Balaban J connectivity index is 0.00000211. The maximum absolute atomic E-state index is 6.71. The van der Waals surface area contributed by atoms with Crippen molar-refractivity contribution >= 4 is 5.70 Å². The summed E-state index contributed by atoms with van der Waals surface area (Å²) in [5.74, 6) is 3.71. The van der Waals surface area contributed by atoms with Crippen LogP contribution in [0.4, 0.5) is 0 Å². The van der Waals surface area contributed by atoms with E-state index in [0.717, 1.165) is 82.2 Å². The third-order valence-corrected chi connectivity index (χ3v) is 11.1. The van der Waals surface area contributed by atoms with Gasteiger partial charge in [0.25, 0.3) is 0 Å². The molecule has 1 aliphatic carbocycles. The first kappa shape index (κ1) is 46.9. The van der Waals surface area contributed by atoms with E-state index < -0.39 is 0 Å². The maximum Gasteiger partial charge on any atom is 0.128 e. The fourth-order valence-electron chi connectivity index (χ4n) is 7.19. The molecule has 4 aromatic carbocycles. The molecule has 1 aliphatic rings. The number of ether oxygens (including phenoxy) is 3. The molecule has 3 unspecified atom stereocenters. The third-order valence-electron chi connectivity index (χ3n) is 11.1. The Labute approximate surface area is 347 Å². The van der Waals surface area contributed by atoms with Crippen LogP contribution in [0.2, 0.25) is 0 Å². The fourth-order valence-corrected chi connectivity index (χ4v) is 7.19. The minimum absolute atomic E-state index is 0.0820. The molecule has 0 aliphatic heterocycles. The lowest BCUT2D eigenvalue weighted by Gasteiger charge is -2.33. The Kier molecular flexibility index (Phi) is 20.1. The quantitative estimate of drug-likeness (QED) is 0.102. The normalized spacial score (nSPS) is 16.7. The first-order valence-corrected chi connectivity index (χ1v) is 22.3. The zero-order valence-electron chi connectivity index (χ0n) is 37.4. The molecule has 0 saturated heterocycles. The van der Waals surface area contributed by atoms with Crippen LogP contribution in [0.25, 0.3) is 28.0 Å². The molecule has 0 amide bonds. The Morgan fingerprint density at radius 1 is 0.579 bits per heavy atom. The van der Waals surface area contributed by atoms with Gasteiger partial charge in [0.1, 0.15) is 23.0 Å². The van der Waals surface area contributed by atoms with Crippen molar-refractivity contribution in [1.29, 1.82) is 0 Å². The summed E-state index contributed by atoms with van der Waals surface area (Å²) in [6.07, 6.45) is 18.3. The Morgan fingerprint density at radius 3 is 1.51 bits per heavy atom. The highest BCUT2D eigenvalue weighted by molar-refractivity contribution is 5.76. The number of hydrogen-bond donors (Lipinski definition) is 1. The SMILES string of the molecule is CC.CC.CCCCCC(CC)Oc1ccc(-c2cc(Oc3ccc4c(c3)/C(N)=C/C=C\C(C)C4(C)C)cc(-c3ccc(OC(CC)CCCCC)cc3)c2)cc1. The summed E-state index contributed by atoms with van der Waals surface area (Å²) in [5, 5.41) is 0. The molecule has 0 fully saturated rings. The van der Waals surface area contributed by atoms with Gasteiger partial charge in [-0.15, -0.1) is 0 Å². The van der Waals surface area contributed by atoms with E-state index in [-0.39, 0.29) is 17.6 Å². The van der Waals surface area contributed by atoms with Crippen LogP contribution in [-0.2, 0) is 5.41 Å². The number of allylic oxidation sites excluding steroid dienone is 3. The van der Waals surface area contributed by atoms with Gasteiger partial charge < -0.3 is 19.9 Å². The molecule has 0 saturated carbocycles. The highest BCUT2D eigenvalue weighted by Crippen LogP contribution is 2.41. The smallest absolute Gasteiger partial charge is 0.128 e. The van der Waals surface area contributed by atoms with Crippen LogP contribution in [0.15, 0.2) is 103 Å². The number of nitrogens with two attached hydrogens (primary N) is 1. The van der Waals surface area contributed by atoms with Gasteiger partial charge in [-0.25, -0.2) is 0 Å². The predicted octanol–water partition coefficient (Wildman–Crippen LogP) is 16.1. The van der Waals surface area contributed by atoms with Crippen LogP contribution in [0.1, 0.15) is 151 Å². The zero-order valence-corrected chi connectivity index (χ0v) is 37.4. The number of hydrogen-bond acceptors (Lipinski definition) is 4. The minimum Gasteiger partial charge on any atom is -0.490 e. The summed E-state index contributed by atoms with van der Waals surface area (Å²) in [4.78, 5) is 0. The van der Waals surface area contributed by atoms with Crippen LogP contribution in [0.3, 0.4) is 0 Å². The van der Waals surface area contributed by atoms with Crippen LogP contribution in [0.5, 0.6) is 23.0 Å². The van der Waals surface area contributed by atoms with Gasteiger partial charge in [-0.05, 0) is 138 Å². The molecule has 0 aromatic heterocycles. The molecule has 0 radical (unpaired) electrons. The van der Waals surface area contributed by atoms with E-state index in [9.17, 15) is 0 Å². The van der Waals surface area contributed by atoms with Gasteiger partial charge in [-0.3, -0.25) is 0 Å². The van der Waals surface area contributed by atoms with E-state index in [1.807, 2.05) is 33.8 Å². The van der Waals surface area contributed by atoms with Gasteiger partial charge in [0.15, 0.2) is 0 Å². The van der Waals surface area contributed by atoms with E-state index in [1.165, 1.54) is 44.1 Å². The number of unbranched alkanes of at least 4 members (excludes halogenated alkanes) is 4. The van der Waals surface area contributed by atoms with Crippen molar-refractivity contribution in [1.82, 2.24) is 0 Å². The van der Waals surface area contributed by atoms with Crippen LogP contribution in [0, 0.1) is 5.92 Å². The van der Waals surface area contributed by atoms with E-state index in [4.69, 9.17) is 19.9 Å². The molecular weight excluding hydrogens is 699 g/mol. The first-order valence-electron chi connectivity index (χ1n) is 22.3. The average Bonchev–Trinajstić information content (AvgIpc) is 3.24. The molecule has 4 nitrogen and oxygen atoms in total. The Morgan fingerprint density at radius 2 is 1.05 bits per heavy atom. The Hall–Kier alpha value is -4.44. The van der Waals surface area contributed by atoms with Crippen LogP contribution in [-0.4, -0.2) is 12.2 Å². The summed E-state index contributed by atoms with van der Waals surface area (Å²) in [5.41, 5.74) is 13.9. The van der Waals surface area contributed by atoms with Gasteiger partial charge in [0.05, 0.1) is 12.2 Å². The van der Waals surface area contributed by atoms with E-state index >= 15 is 0 Å². The standard InChI is InChI=1S/C49H63NO3.2C2H6/c1-8-12-14-18-40(10-3)51-42-25-21-36(22-26-42)38-31-39(37-23-27-43(28-24-37)52-41(11-4)19-15-13-9-2)33-45(32-38)53-44-29-30-47-46(34-44)48(50)20-16-17-35(5)49(47,6)7;2*1-2/h16-17,20-35,40-41H,8-15,18-19,50H2,1-7H3;2*1-2H3/b17-16-,48-20-;;. The topological polar surface area (TPSA) is 53.7 Å². The molecule has 5 rings (SSSR count). The highest BCUT2D eigenvalue weighted by atomic mass is 16.5. The number of benzene rings is 4.